The number of nitrogens with one attached hydrogen (secondary N) is 1. The molecule has 2 atom stereocenters. The molecular weight excluding hydrogens is 250 g/mol. The summed E-state index contributed by atoms with van der Waals surface area (Å²) in [5, 5.41) is 7.55. The number of hydrogen-bond acceptors (Lipinski definition) is 4. The maximum absolute atomic E-state index is 5.54. The van der Waals surface area contributed by atoms with Crippen LogP contribution in [0.2, 0.25) is 0 Å². The predicted octanol–water partition coefficient (Wildman–Crippen LogP) is 3.85. The predicted molar refractivity (Wildman–Crippen MR) is 80.8 cm³/mol. The van der Waals surface area contributed by atoms with Gasteiger partial charge in [-0.3, -0.25) is 0 Å². The average Bonchev–Trinajstić information content (AvgIpc) is 2.88. The molecule has 0 spiro atoms. The minimum atomic E-state index is 0.307. The van der Waals surface area contributed by atoms with Gasteiger partial charge in [0.05, 0.1) is 5.92 Å². The van der Waals surface area contributed by atoms with Gasteiger partial charge in [-0.05, 0) is 51.5 Å². The van der Waals surface area contributed by atoms with E-state index < -0.39 is 0 Å². The van der Waals surface area contributed by atoms with Gasteiger partial charge >= 0.3 is 0 Å². The Balaban J connectivity index is 2.05. The van der Waals surface area contributed by atoms with Crippen molar-refractivity contribution in [3.63, 3.8) is 0 Å². The van der Waals surface area contributed by atoms with Crippen molar-refractivity contribution in [2.45, 2.75) is 77.7 Å². The van der Waals surface area contributed by atoms with E-state index in [1.165, 1.54) is 25.7 Å². The minimum absolute atomic E-state index is 0.307. The van der Waals surface area contributed by atoms with Gasteiger partial charge in [-0.1, -0.05) is 25.9 Å². The van der Waals surface area contributed by atoms with Crippen LogP contribution < -0.4 is 5.32 Å². The molecule has 2 rings (SSSR count). The molecule has 1 fully saturated rings. The van der Waals surface area contributed by atoms with Crippen LogP contribution in [0.3, 0.4) is 0 Å². The summed E-state index contributed by atoms with van der Waals surface area (Å²) in [4.78, 5) is 4.70. The third kappa shape index (κ3) is 3.40. The van der Waals surface area contributed by atoms with Crippen molar-refractivity contribution in [2.24, 2.45) is 5.41 Å². The van der Waals surface area contributed by atoms with Crippen LogP contribution in [0, 0.1) is 5.41 Å². The summed E-state index contributed by atoms with van der Waals surface area (Å²) in [7, 11) is 1.98. The number of rotatable bonds is 5. The zero-order chi connectivity index (χ0) is 14.8. The monoisotopic (exact) mass is 279 g/mol. The number of likely N-dealkylation sites (N-methyl/N-ethyl adjacent to an activating group) is 1. The van der Waals surface area contributed by atoms with Crippen molar-refractivity contribution in [1.29, 1.82) is 0 Å². The van der Waals surface area contributed by atoms with E-state index in [0.717, 1.165) is 18.1 Å². The Morgan fingerprint density at radius 2 is 2.00 bits per heavy atom. The standard InChI is InChI=1S/C16H29N3O/c1-6-13(11(2)17-5)15-18-14(19-20-15)12-7-9-16(3,4)10-8-12/h11-13,17H,6-10H2,1-5H3. The molecule has 114 valence electrons. The molecule has 4 heteroatoms. The van der Waals surface area contributed by atoms with Gasteiger partial charge in [0, 0.05) is 12.0 Å². The molecule has 0 aromatic carbocycles. The number of nitrogens with zero attached hydrogens (tertiary/aromatic N) is 2. The van der Waals surface area contributed by atoms with Crippen molar-refractivity contribution < 1.29 is 4.52 Å². The van der Waals surface area contributed by atoms with Gasteiger partial charge in [0.15, 0.2) is 5.82 Å². The first-order valence-electron chi connectivity index (χ1n) is 7.97. The van der Waals surface area contributed by atoms with E-state index in [1.54, 1.807) is 0 Å². The van der Waals surface area contributed by atoms with Gasteiger partial charge in [-0.2, -0.15) is 4.98 Å². The van der Waals surface area contributed by atoms with Gasteiger partial charge in [0.25, 0.3) is 0 Å². The van der Waals surface area contributed by atoms with Crippen LogP contribution in [0.1, 0.15) is 83.3 Å². The zero-order valence-electron chi connectivity index (χ0n) is 13.6. The van der Waals surface area contributed by atoms with Gasteiger partial charge < -0.3 is 9.84 Å². The summed E-state index contributed by atoms with van der Waals surface area (Å²) < 4.78 is 5.54. The highest BCUT2D eigenvalue weighted by atomic mass is 16.5. The molecule has 0 radical (unpaired) electrons. The Hall–Kier alpha value is -0.900. The summed E-state index contributed by atoms with van der Waals surface area (Å²) in [6.07, 6.45) is 5.90. The fourth-order valence-electron chi connectivity index (χ4n) is 3.16. The first-order valence-corrected chi connectivity index (χ1v) is 7.97. The normalized spacial score (nSPS) is 22.6. The zero-order valence-corrected chi connectivity index (χ0v) is 13.6. The van der Waals surface area contributed by atoms with Crippen LogP contribution in [0.5, 0.6) is 0 Å². The molecule has 1 aromatic heterocycles. The Bertz CT molecular complexity index is 417. The highest BCUT2D eigenvalue weighted by Gasteiger charge is 2.31. The Kier molecular flexibility index (Phi) is 4.84. The summed E-state index contributed by atoms with van der Waals surface area (Å²) in [6.45, 7) is 9.05. The van der Waals surface area contributed by atoms with Crippen molar-refractivity contribution >= 4 is 0 Å². The van der Waals surface area contributed by atoms with Gasteiger partial charge in [-0.15, -0.1) is 0 Å². The molecule has 1 aliphatic carbocycles. The van der Waals surface area contributed by atoms with Gasteiger partial charge in [0.1, 0.15) is 0 Å². The van der Waals surface area contributed by atoms with Crippen LogP contribution in [0.4, 0.5) is 0 Å². The van der Waals surface area contributed by atoms with E-state index in [1.807, 2.05) is 7.05 Å². The molecule has 1 aromatic rings. The average molecular weight is 279 g/mol. The van der Waals surface area contributed by atoms with Crippen molar-refractivity contribution in [3.05, 3.63) is 11.7 Å². The Morgan fingerprint density at radius 3 is 2.55 bits per heavy atom. The fraction of sp³-hybridized carbons (Fsp3) is 0.875. The van der Waals surface area contributed by atoms with E-state index in [2.05, 4.69) is 38.2 Å². The summed E-state index contributed by atoms with van der Waals surface area (Å²) in [5.41, 5.74) is 0.482. The largest absolute Gasteiger partial charge is 0.339 e. The highest BCUT2D eigenvalue weighted by Crippen LogP contribution is 2.41. The third-order valence-electron chi connectivity index (χ3n) is 4.98. The lowest BCUT2D eigenvalue weighted by molar-refractivity contribution is 0.218. The first kappa shape index (κ1) is 15.5. The van der Waals surface area contributed by atoms with Crippen molar-refractivity contribution in [3.8, 4) is 0 Å². The lowest BCUT2D eigenvalue weighted by atomic mass is 9.73. The maximum atomic E-state index is 5.54. The minimum Gasteiger partial charge on any atom is -0.339 e. The molecule has 1 N–H and O–H groups in total. The van der Waals surface area contributed by atoms with Crippen LogP contribution in [0.25, 0.3) is 0 Å². The topological polar surface area (TPSA) is 51.0 Å². The SMILES string of the molecule is CCC(c1nc(C2CCC(C)(C)CC2)no1)C(C)NC. The molecule has 0 aliphatic heterocycles. The third-order valence-corrected chi connectivity index (χ3v) is 4.98. The van der Waals surface area contributed by atoms with E-state index in [0.29, 0.717) is 23.3 Å². The summed E-state index contributed by atoms with van der Waals surface area (Å²) >= 11 is 0. The fourth-order valence-corrected chi connectivity index (χ4v) is 3.16. The van der Waals surface area contributed by atoms with Crippen LogP contribution in [-0.2, 0) is 0 Å². The highest BCUT2D eigenvalue weighted by molar-refractivity contribution is 5.03. The van der Waals surface area contributed by atoms with Crippen LogP contribution in [0.15, 0.2) is 4.52 Å². The summed E-state index contributed by atoms with van der Waals surface area (Å²) in [6, 6.07) is 0.360. The van der Waals surface area contributed by atoms with Gasteiger partial charge in [0.2, 0.25) is 5.89 Å². The van der Waals surface area contributed by atoms with E-state index in [-0.39, 0.29) is 0 Å². The van der Waals surface area contributed by atoms with Gasteiger partial charge in [-0.25, -0.2) is 0 Å². The second-order valence-corrected chi connectivity index (χ2v) is 7.02. The van der Waals surface area contributed by atoms with E-state index in [9.17, 15) is 0 Å². The molecular formula is C16H29N3O. The van der Waals surface area contributed by atoms with Crippen molar-refractivity contribution in [1.82, 2.24) is 15.5 Å². The lowest BCUT2D eigenvalue weighted by Gasteiger charge is -2.32. The molecule has 0 saturated heterocycles. The molecule has 20 heavy (non-hydrogen) atoms. The van der Waals surface area contributed by atoms with Crippen LogP contribution in [-0.4, -0.2) is 23.2 Å². The lowest BCUT2D eigenvalue weighted by Crippen LogP contribution is -2.28. The Labute approximate surface area is 122 Å². The molecule has 1 saturated carbocycles. The molecule has 0 bridgehead atoms. The molecule has 0 amide bonds. The maximum Gasteiger partial charge on any atom is 0.231 e. The molecule has 2 unspecified atom stereocenters. The molecule has 1 aliphatic rings. The van der Waals surface area contributed by atoms with E-state index in [4.69, 9.17) is 9.51 Å². The van der Waals surface area contributed by atoms with Crippen molar-refractivity contribution in [2.75, 3.05) is 7.05 Å². The number of hydrogen-bond donors (Lipinski definition) is 1. The second-order valence-electron chi connectivity index (χ2n) is 7.02. The second kappa shape index (κ2) is 6.25. The van der Waals surface area contributed by atoms with E-state index >= 15 is 0 Å². The number of aromatic nitrogens is 2. The summed E-state index contributed by atoms with van der Waals surface area (Å²) in [5.74, 6) is 2.52. The molecule has 4 nitrogen and oxygen atoms in total. The smallest absolute Gasteiger partial charge is 0.231 e. The quantitative estimate of drug-likeness (QED) is 0.889. The molecule has 1 heterocycles. The first-order chi connectivity index (χ1) is 9.46. The Morgan fingerprint density at radius 1 is 1.35 bits per heavy atom. The van der Waals surface area contributed by atoms with Crippen LogP contribution >= 0.6 is 0 Å².